The van der Waals surface area contributed by atoms with E-state index in [0.717, 1.165) is 6.42 Å². The fourth-order valence-corrected chi connectivity index (χ4v) is 1.34. The average molecular weight is 184 g/mol. The van der Waals surface area contributed by atoms with Crippen molar-refractivity contribution in [3.8, 4) is 0 Å². The summed E-state index contributed by atoms with van der Waals surface area (Å²) in [5.74, 6) is 0. The predicted molar refractivity (Wildman–Crippen MR) is 58.8 cm³/mol. The maximum Gasteiger partial charge on any atom is 0.0692 e. The second-order valence-electron chi connectivity index (χ2n) is 3.73. The van der Waals surface area contributed by atoms with Crippen LogP contribution < -0.4 is 0 Å². The lowest BCUT2D eigenvalue weighted by Gasteiger charge is -1.98. The largest absolute Gasteiger partial charge is 0.389 e. The van der Waals surface area contributed by atoms with Crippen molar-refractivity contribution in [2.24, 2.45) is 0 Å². The zero-order valence-corrected chi connectivity index (χ0v) is 9.13. The van der Waals surface area contributed by atoms with E-state index < -0.39 is 0 Å². The Hall–Kier alpha value is -0.300. The lowest BCUT2D eigenvalue weighted by Crippen LogP contribution is -1.91. The average Bonchev–Trinajstić information content (AvgIpc) is 2.09. The van der Waals surface area contributed by atoms with Gasteiger partial charge in [0.25, 0.3) is 0 Å². The smallest absolute Gasteiger partial charge is 0.0692 e. The fourth-order valence-electron chi connectivity index (χ4n) is 1.34. The van der Waals surface area contributed by atoms with Gasteiger partial charge in [0.05, 0.1) is 6.10 Å². The highest BCUT2D eigenvalue weighted by Gasteiger charge is 1.88. The van der Waals surface area contributed by atoms with Gasteiger partial charge in [-0.2, -0.15) is 0 Å². The molecule has 1 nitrogen and oxygen atoms in total. The number of aliphatic hydroxyl groups excluding tert-OH is 1. The molecule has 0 spiro atoms. The van der Waals surface area contributed by atoms with Crippen LogP contribution in [0.25, 0.3) is 0 Å². The molecule has 0 aliphatic heterocycles. The molecule has 1 atom stereocenters. The molecule has 1 N–H and O–H groups in total. The zero-order chi connectivity index (χ0) is 9.94. The molecule has 0 heterocycles. The maximum atomic E-state index is 8.94. The summed E-state index contributed by atoms with van der Waals surface area (Å²) < 4.78 is 0. The number of aliphatic hydroxyl groups is 1. The van der Waals surface area contributed by atoms with Gasteiger partial charge in [-0.25, -0.2) is 0 Å². The van der Waals surface area contributed by atoms with Crippen LogP contribution in [0.2, 0.25) is 0 Å². The number of rotatable bonds is 8. The van der Waals surface area contributed by atoms with Crippen LogP contribution in [0.5, 0.6) is 0 Å². The number of unbranched alkanes of at least 4 members (excludes halogenated alkanes) is 6. The quantitative estimate of drug-likeness (QED) is 0.451. The van der Waals surface area contributed by atoms with E-state index in [1.54, 1.807) is 6.92 Å². The first-order valence-corrected chi connectivity index (χ1v) is 5.62. The van der Waals surface area contributed by atoms with Gasteiger partial charge in [0.15, 0.2) is 0 Å². The van der Waals surface area contributed by atoms with Crippen molar-refractivity contribution < 1.29 is 5.11 Å². The molecule has 0 aliphatic rings. The lowest BCUT2D eigenvalue weighted by atomic mass is 10.1. The van der Waals surface area contributed by atoms with Gasteiger partial charge in [-0.3, -0.25) is 0 Å². The summed E-state index contributed by atoms with van der Waals surface area (Å²) in [5, 5.41) is 8.94. The Kier molecular flexibility index (Phi) is 9.56. The van der Waals surface area contributed by atoms with Crippen LogP contribution in [-0.2, 0) is 0 Å². The molecule has 0 aromatic carbocycles. The van der Waals surface area contributed by atoms with E-state index in [-0.39, 0.29) is 6.10 Å². The van der Waals surface area contributed by atoms with E-state index in [2.05, 4.69) is 13.0 Å². The third kappa shape index (κ3) is 11.7. The molecule has 0 aliphatic carbocycles. The van der Waals surface area contributed by atoms with Crippen molar-refractivity contribution >= 4 is 0 Å². The van der Waals surface area contributed by atoms with Crippen molar-refractivity contribution in [2.75, 3.05) is 0 Å². The van der Waals surface area contributed by atoms with Crippen molar-refractivity contribution in [3.05, 3.63) is 12.2 Å². The first-order chi connectivity index (χ1) is 6.27. The summed E-state index contributed by atoms with van der Waals surface area (Å²) in [4.78, 5) is 0. The van der Waals surface area contributed by atoms with Crippen LogP contribution in [0.1, 0.15) is 58.8 Å². The highest BCUT2D eigenvalue weighted by molar-refractivity contribution is 4.85. The van der Waals surface area contributed by atoms with Crippen LogP contribution >= 0.6 is 0 Å². The molecule has 0 amide bonds. The molecule has 0 saturated heterocycles. The van der Waals surface area contributed by atoms with Gasteiger partial charge in [-0.15, -0.1) is 0 Å². The molecule has 0 aromatic heterocycles. The molecular weight excluding hydrogens is 160 g/mol. The summed E-state index contributed by atoms with van der Waals surface area (Å²) >= 11 is 0. The minimum absolute atomic E-state index is 0.278. The highest BCUT2D eigenvalue weighted by Crippen LogP contribution is 2.07. The summed E-state index contributed by atoms with van der Waals surface area (Å²) in [5.41, 5.74) is 0. The van der Waals surface area contributed by atoms with Crippen LogP contribution in [0, 0.1) is 0 Å². The minimum Gasteiger partial charge on any atom is -0.389 e. The third-order valence-electron chi connectivity index (χ3n) is 2.14. The third-order valence-corrected chi connectivity index (χ3v) is 2.14. The highest BCUT2D eigenvalue weighted by atomic mass is 16.3. The van der Waals surface area contributed by atoms with Gasteiger partial charge in [-0.1, -0.05) is 51.2 Å². The molecular formula is C12H24O. The molecule has 1 heteroatoms. The topological polar surface area (TPSA) is 20.2 Å². The second kappa shape index (κ2) is 9.79. The molecule has 13 heavy (non-hydrogen) atoms. The lowest BCUT2D eigenvalue weighted by molar-refractivity contribution is 0.244. The van der Waals surface area contributed by atoms with Gasteiger partial charge in [-0.05, 0) is 19.8 Å². The van der Waals surface area contributed by atoms with E-state index in [1.807, 2.05) is 6.08 Å². The van der Waals surface area contributed by atoms with Gasteiger partial charge < -0.3 is 5.11 Å². The molecule has 78 valence electrons. The van der Waals surface area contributed by atoms with Crippen molar-refractivity contribution in [1.29, 1.82) is 0 Å². The first kappa shape index (κ1) is 12.7. The Morgan fingerprint density at radius 2 is 1.69 bits per heavy atom. The Morgan fingerprint density at radius 1 is 1.08 bits per heavy atom. The molecule has 0 rings (SSSR count). The van der Waals surface area contributed by atoms with Gasteiger partial charge in [0, 0.05) is 0 Å². The normalized spacial score (nSPS) is 13.8. The molecule has 0 unspecified atom stereocenters. The monoisotopic (exact) mass is 184 g/mol. The first-order valence-electron chi connectivity index (χ1n) is 5.62. The second-order valence-corrected chi connectivity index (χ2v) is 3.73. The van der Waals surface area contributed by atoms with Crippen molar-refractivity contribution in [2.45, 2.75) is 64.9 Å². The Labute approximate surface area is 82.9 Å². The maximum absolute atomic E-state index is 8.94. The summed E-state index contributed by atoms with van der Waals surface area (Å²) in [6.07, 6.45) is 12.9. The van der Waals surface area contributed by atoms with Crippen molar-refractivity contribution in [3.63, 3.8) is 0 Å². The summed E-state index contributed by atoms with van der Waals surface area (Å²) in [6.45, 7) is 4.03. The predicted octanol–water partition coefficient (Wildman–Crippen LogP) is 3.67. The number of hydrogen-bond donors (Lipinski definition) is 1. The van der Waals surface area contributed by atoms with Gasteiger partial charge in [0.1, 0.15) is 0 Å². The summed E-state index contributed by atoms with van der Waals surface area (Å²) in [6, 6.07) is 0. The molecule has 0 aromatic rings. The van der Waals surface area contributed by atoms with Crippen LogP contribution in [-0.4, -0.2) is 11.2 Å². The fraction of sp³-hybridized carbons (Fsp3) is 0.833. The Bertz CT molecular complexity index is 116. The van der Waals surface area contributed by atoms with Gasteiger partial charge >= 0.3 is 0 Å². The molecule has 0 bridgehead atoms. The summed E-state index contributed by atoms with van der Waals surface area (Å²) in [7, 11) is 0. The van der Waals surface area contributed by atoms with E-state index >= 15 is 0 Å². The molecule has 0 fully saturated rings. The SMILES string of the molecule is CCCCCCCC/C=C/[C@@H](C)O. The van der Waals surface area contributed by atoms with Crippen molar-refractivity contribution in [1.82, 2.24) is 0 Å². The van der Waals surface area contributed by atoms with Crippen LogP contribution in [0.3, 0.4) is 0 Å². The Morgan fingerprint density at radius 3 is 2.31 bits per heavy atom. The van der Waals surface area contributed by atoms with Crippen LogP contribution in [0.4, 0.5) is 0 Å². The number of hydrogen-bond acceptors (Lipinski definition) is 1. The standard InChI is InChI=1S/C12H24O/c1-3-4-5-6-7-8-9-10-11-12(2)13/h10-13H,3-9H2,1-2H3/b11-10+/t12-/m1/s1. The van der Waals surface area contributed by atoms with E-state index in [9.17, 15) is 0 Å². The van der Waals surface area contributed by atoms with E-state index in [4.69, 9.17) is 5.11 Å². The van der Waals surface area contributed by atoms with E-state index in [1.165, 1.54) is 38.5 Å². The Balaban J connectivity index is 2.99. The molecule has 0 radical (unpaired) electrons. The van der Waals surface area contributed by atoms with E-state index in [0.29, 0.717) is 0 Å². The van der Waals surface area contributed by atoms with Crippen LogP contribution in [0.15, 0.2) is 12.2 Å². The minimum atomic E-state index is -0.278. The zero-order valence-electron chi connectivity index (χ0n) is 9.13. The van der Waals surface area contributed by atoms with Gasteiger partial charge in [0.2, 0.25) is 0 Å². The molecule has 0 saturated carbocycles. The number of allylic oxidation sites excluding steroid dienone is 1.